The number of rotatable bonds is 13. The highest BCUT2D eigenvalue weighted by Crippen LogP contribution is 2.57. The highest BCUT2D eigenvalue weighted by atomic mass is 35.5. The number of aromatic nitrogens is 2. The molecule has 0 N–H and O–H groups in total. The van der Waals surface area contributed by atoms with Crippen molar-refractivity contribution in [2.45, 2.75) is 57.5 Å². The minimum absolute atomic E-state index is 0.113. The van der Waals surface area contributed by atoms with Crippen LogP contribution in [-0.2, 0) is 16.1 Å². The summed E-state index contributed by atoms with van der Waals surface area (Å²) in [5.74, 6) is 1.60. The van der Waals surface area contributed by atoms with Gasteiger partial charge in [0.1, 0.15) is 11.8 Å². The fourth-order valence-electron chi connectivity index (χ4n) is 7.67. The van der Waals surface area contributed by atoms with Crippen LogP contribution in [0.3, 0.4) is 0 Å². The number of urea groups is 1. The fourth-order valence-corrected chi connectivity index (χ4v) is 7.84. The highest BCUT2D eigenvalue weighted by Gasteiger charge is 2.47. The van der Waals surface area contributed by atoms with Gasteiger partial charge in [-0.2, -0.15) is 5.10 Å². The van der Waals surface area contributed by atoms with Gasteiger partial charge < -0.3 is 19.0 Å². The van der Waals surface area contributed by atoms with Crippen LogP contribution in [0, 0.1) is 12.8 Å². The molecule has 3 aromatic carbocycles. The van der Waals surface area contributed by atoms with Gasteiger partial charge in [-0.3, -0.25) is 14.3 Å². The molecule has 11 heteroatoms. The van der Waals surface area contributed by atoms with E-state index in [-0.39, 0.29) is 17.8 Å². The monoisotopic (exact) mass is 723 g/mol. The zero-order chi connectivity index (χ0) is 36.7. The molecular formula is C41H48ClN6O4+. The van der Waals surface area contributed by atoms with Crippen LogP contribution < -0.4 is 14.5 Å². The van der Waals surface area contributed by atoms with Crippen LogP contribution in [0.5, 0.6) is 5.75 Å². The molecule has 0 spiro atoms. The molecule has 2 fully saturated rings. The Morgan fingerprint density at radius 1 is 1.04 bits per heavy atom. The molecule has 0 radical (unpaired) electrons. The van der Waals surface area contributed by atoms with Crippen molar-refractivity contribution >= 4 is 40.8 Å². The number of carbonyl (C=O) groups excluding carboxylic acids is 3. The maximum absolute atomic E-state index is 13.6. The van der Waals surface area contributed by atoms with Crippen LogP contribution in [0.25, 0.3) is 11.1 Å². The number of amides is 4. The molecule has 1 aliphatic carbocycles. The summed E-state index contributed by atoms with van der Waals surface area (Å²) >= 11 is 6.23. The van der Waals surface area contributed by atoms with E-state index in [0.29, 0.717) is 55.0 Å². The van der Waals surface area contributed by atoms with Crippen LogP contribution in [0.4, 0.5) is 16.2 Å². The first-order valence-electron chi connectivity index (χ1n) is 18.2. The molecule has 1 saturated carbocycles. The Labute approximate surface area is 311 Å². The van der Waals surface area contributed by atoms with Gasteiger partial charge in [-0.25, -0.2) is 9.69 Å². The molecule has 0 unspecified atom stereocenters. The summed E-state index contributed by atoms with van der Waals surface area (Å²) in [5.41, 5.74) is 6.75. The SMILES string of the molecule is Cc1c(Cl)cccc1OCCCC(=O)N1C[C@@H]2C[C@@H]2c2c(-c3cnn(Cc4cccc(N5C(=O)[C@H](CCC[N+](C)(C)C)N(C)C5=O)c4)c3)cccc21. The van der Waals surface area contributed by atoms with Gasteiger partial charge in [0.15, 0.2) is 0 Å². The molecule has 4 aromatic rings. The molecule has 3 aliphatic rings. The van der Waals surface area contributed by atoms with E-state index in [4.69, 9.17) is 21.4 Å². The van der Waals surface area contributed by atoms with Gasteiger partial charge >= 0.3 is 6.03 Å². The van der Waals surface area contributed by atoms with Gasteiger partial charge in [-0.15, -0.1) is 0 Å². The lowest BCUT2D eigenvalue weighted by Crippen LogP contribution is -2.37. The van der Waals surface area contributed by atoms with E-state index in [0.717, 1.165) is 64.1 Å². The van der Waals surface area contributed by atoms with E-state index < -0.39 is 6.04 Å². The third kappa shape index (κ3) is 7.32. The molecule has 0 bridgehead atoms. The first-order chi connectivity index (χ1) is 24.9. The van der Waals surface area contributed by atoms with E-state index in [9.17, 15) is 14.4 Å². The molecule has 52 heavy (non-hydrogen) atoms. The first-order valence-corrected chi connectivity index (χ1v) is 18.6. The fraction of sp³-hybridized carbons (Fsp3) is 0.415. The number of imide groups is 1. The maximum Gasteiger partial charge on any atom is 0.331 e. The molecule has 3 atom stereocenters. The van der Waals surface area contributed by atoms with Gasteiger partial charge in [0, 0.05) is 48.0 Å². The van der Waals surface area contributed by atoms with Crippen molar-refractivity contribution in [1.82, 2.24) is 14.7 Å². The van der Waals surface area contributed by atoms with Crippen molar-refractivity contribution < 1.29 is 23.6 Å². The summed E-state index contributed by atoms with van der Waals surface area (Å²) in [6.45, 7) is 4.54. The van der Waals surface area contributed by atoms with Crippen LogP contribution >= 0.6 is 11.6 Å². The zero-order valence-electron chi connectivity index (χ0n) is 30.7. The number of benzene rings is 3. The topological polar surface area (TPSA) is 88.0 Å². The Hall–Kier alpha value is -4.67. The third-order valence-corrected chi connectivity index (χ3v) is 11.0. The van der Waals surface area contributed by atoms with Crippen molar-refractivity contribution in [2.24, 2.45) is 5.92 Å². The van der Waals surface area contributed by atoms with Crippen LogP contribution in [0.2, 0.25) is 5.02 Å². The summed E-state index contributed by atoms with van der Waals surface area (Å²) in [5, 5.41) is 5.38. The lowest BCUT2D eigenvalue weighted by Gasteiger charge is -2.30. The van der Waals surface area contributed by atoms with Crippen LogP contribution in [0.1, 0.15) is 54.7 Å². The molecule has 2 aliphatic heterocycles. The highest BCUT2D eigenvalue weighted by molar-refractivity contribution is 6.31. The standard InChI is InChI=1S/C41H48ClN6O4/c1-27-34(42)14-8-17-37(27)52-20-10-18-38(49)46-26-29-22-33(29)39-32(13-7-15-35(39)46)30-23-43-45(25-30)24-28-11-6-12-31(21-28)47-40(50)36(44(2)41(47)51)16-9-19-48(3,4)5/h6-8,11-15,17,21,23,25,29,33,36H,9-10,16,18-20,22,24,26H2,1-5H3/q+1/t29-,33-,36-/m0/s1. The summed E-state index contributed by atoms with van der Waals surface area (Å²) in [6, 6.07) is 18.7. The number of likely N-dealkylation sites (N-methyl/N-ethyl adjacent to an activating group) is 1. The van der Waals surface area contributed by atoms with Crippen molar-refractivity contribution in [3.63, 3.8) is 0 Å². The molecule has 272 valence electrons. The summed E-state index contributed by atoms with van der Waals surface area (Å²) in [6.07, 6.45) is 7.51. The van der Waals surface area contributed by atoms with Gasteiger partial charge in [0.25, 0.3) is 5.91 Å². The van der Waals surface area contributed by atoms with E-state index in [1.165, 1.54) is 10.5 Å². The summed E-state index contributed by atoms with van der Waals surface area (Å²) in [7, 11) is 8.10. The van der Waals surface area contributed by atoms with Gasteiger partial charge in [0.2, 0.25) is 5.91 Å². The quantitative estimate of drug-likeness (QED) is 0.0833. The average Bonchev–Trinajstić information content (AvgIpc) is 3.70. The van der Waals surface area contributed by atoms with Crippen molar-refractivity contribution in [3.8, 4) is 16.9 Å². The summed E-state index contributed by atoms with van der Waals surface area (Å²) < 4.78 is 8.65. The maximum atomic E-state index is 13.6. The second kappa shape index (κ2) is 14.4. The number of halogens is 1. The third-order valence-electron chi connectivity index (χ3n) is 10.6. The second-order valence-electron chi connectivity index (χ2n) is 15.5. The molecule has 1 aromatic heterocycles. The Morgan fingerprint density at radius 2 is 1.83 bits per heavy atom. The lowest BCUT2D eigenvalue weighted by atomic mass is 9.92. The molecule has 3 heterocycles. The predicted molar refractivity (Wildman–Crippen MR) is 204 cm³/mol. The minimum atomic E-state index is -0.455. The number of ether oxygens (including phenoxy) is 1. The largest absolute Gasteiger partial charge is 0.493 e. The Bertz CT molecular complexity index is 2000. The average molecular weight is 724 g/mol. The normalized spacial score (nSPS) is 19.6. The number of nitrogens with zero attached hydrogens (tertiary/aromatic N) is 6. The Morgan fingerprint density at radius 3 is 2.63 bits per heavy atom. The number of quaternary nitrogens is 1. The summed E-state index contributed by atoms with van der Waals surface area (Å²) in [4.78, 5) is 45.2. The van der Waals surface area contributed by atoms with Crippen LogP contribution in [-0.4, -0.2) is 90.9 Å². The first kappa shape index (κ1) is 35.7. The Balaban J connectivity index is 1.02. The van der Waals surface area contributed by atoms with E-state index in [1.54, 1.807) is 11.9 Å². The zero-order valence-corrected chi connectivity index (χ0v) is 31.5. The number of hydrogen-bond donors (Lipinski definition) is 0. The lowest BCUT2D eigenvalue weighted by molar-refractivity contribution is -0.870. The molecule has 4 amide bonds. The minimum Gasteiger partial charge on any atom is -0.493 e. The van der Waals surface area contributed by atoms with E-state index >= 15 is 0 Å². The van der Waals surface area contributed by atoms with E-state index in [1.807, 2.05) is 77.4 Å². The van der Waals surface area contributed by atoms with Crippen molar-refractivity contribution in [2.75, 3.05) is 57.7 Å². The number of hydrogen-bond acceptors (Lipinski definition) is 5. The number of carbonyl (C=O) groups is 3. The van der Waals surface area contributed by atoms with Gasteiger partial charge in [-0.05, 0) is 91.5 Å². The van der Waals surface area contributed by atoms with Crippen LogP contribution in [0.15, 0.2) is 73.1 Å². The van der Waals surface area contributed by atoms with Gasteiger partial charge in [0.05, 0.1) is 52.7 Å². The van der Waals surface area contributed by atoms with Crippen molar-refractivity contribution in [3.05, 3.63) is 94.8 Å². The van der Waals surface area contributed by atoms with Crippen molar-refractivity contribution in [1.29, 1.82) is 0 Å². The second-order valence-corrected chi connectivity index (χ2v) is 15.9. The number of fused-ring (bicyclic) bond motifs is 3. The molecule has 10 nitrogen and oxygen atoms in total. The van der Waals surface area contributed by atoms with E-state index in [2.05, 4.69) is 33.3 Å². The predicted octanol–water partition coefficient (Wildman–Crippen LogP) is 7.12. The smallest absolute Gasteiger partial charge is 0.331 e. The molecule has 7 rings (SSSR count). The van der Waals surface area contributed by atoms with Gasteiger partial charge in [-0.1, -0.05) is 41.9 Å². The molecule has 1 saturated heterocycles. The molecular weight excluding hydrogens is 676 g/mol. The Kier molecular flexibility index (Phi) is 9.89. The number of anilines is 2.